The van der Waals surface area contributed by atoms with Crippen LogP contribution in [0.3, 0.4) is 0 Å². The van der Waals surface area contributed by atoms with Crippen molar-refractivity contribution in [3.05, 3.63) is 98.3 Å². The first-order chi connectivity index (χ1) is 17.9. The van der Waals surface area contributed by atoms with Gasteiger partial charge in [-0.1, -0.05) is 79.6 Å². The Hall–Kier alpha value is -3.45. The van der Waals surface area contributed by atoms with Crippen molar-refractivity contribution in [1.82, 2.24) is 19.5 Å². The summed E-state index contributed by atoms with van der Waals surface area (Å²) in [7, 11) is 0. The van der Waals surface area contributed by atoms with Gasteiger partial charge in [0.25, 0.3) is 11.1 Å². The molecule has 0 aliphatic heterocycles. The lowest BCUT2D eigenvalue weighted by Crippen LogP contribution is -2.41. The van der Waals surface area contributed by atoms with Crippen molar-refractivity contribution in [2.24, 2.45) is 0 Å². The second kappa shape index (κ2) is 9.45. The molecule has 2 aromatic heterocycles. The first kappa shape index (κ1) is 23.9. The van der Waals surface area contributed by atoms with Crippen LogP contribution in [0.5, 0.6) is 0 Å². The number of thioether (sulfide) groups is 1. The Kier molecular flexibility index (Phi) is 6.11. The van der Waals surface area contributed by atoms with Crippen LogP contribution in [0, 0.1) is 0 Å². The van der Waals surface area contributed by atoms with Gasteiger partial charge in [0.1, 0.15) is 5.82 Å². The van der Waals surface area contributed by atoms with E-state index in [9.17, 15) is 9.59 Å². The first-order valence-electron chi connectivity index (χ1n) is 12.9. The van der Waals surface area contributed by atoms with Crippen molar-refractivity contribution in [3.63, 3.8) is 0 Å². The summed E-state index contributed by atoms with van der Waals surface area (Å²) in [5, 5.41) is 1.18. The molecule has 2 heterocycles. The minimum atomic E-state index is -0.129. The second-order valence-electron chi connectivity index (χ2n) is 10.5. The maximum absolute atomic E-state index is 13.6. The molecular formula is C30H30N4O2S. The van der Waals surface area contributed by atoms with Crippen LogP contribution in [-0.4, -0.2) is 19.5 Å². The van der Waals surface area contributed by atoms with Gasteiger partial charge < -0.3 is 4.98 Å². The summed E-state index contributed by atoms with van der Waals surface area (Å²) in [5.41, 5.74) is 5.32. The summed E-state index contributed by atoms with van der Waals surface area (Å²) in [6.45, 7) is 6.29. The van der Waals surface area contributed by atoms with Crippen LogP contribution in [0.15, 0.2) is 75.4 Å². The Labute approximate surface area is 219 Å². The number of fused-ring (bicyclic) bond motifs is 5. The number of benzene rings is 2. The van der Waals surface area contributed by atoms with Crippen molar-refractivity contribution in [1.29, 1.82) is 0 Å². The second-order valence-corrected chi connectivity index (χ2v) is 11.4. The van der Waals surface area contributed by atoms with Crippen LogP contribution in [0.1, 0.15) is 56.0 Å². The quantitative estimate of drug-likeness (QED) is 0.209. The zero-order valence-corrected chi connectivity index (χ0v) is 21.9. The Bertz CT molecular complexity index is 1650. The lowest BCUT2D eigenvalue weighted by molar-refractivity contribution is 0.285. The van der Waals surface area contributed by atoms with Crippen molar-refractivity contribution in [2.75, 3.05) is 0 Å². The molecule has 1 saturated carbocycles. The van der Waals surface area contributed by atoms with Gasteiger partial charge in [0.2, 0.25) is 0 Å². The summed E-state index contributed by atoms with van der Waals surface area (Å²) >= 11 is 1.42. The minimum Gasteiger partial charge on any atom is -0.310 e. The number of hydrogen-bond acceptors (Lipinski definition) is 5. The van der Waals surface area contributed by atoms with Crippen LogP contribution in [0.2, 0.25) is 0 Å². The van der Waals surface area contributed by atoms with E-state index in [2.05, 4.69) is 29.8 Å². The van der Waals surface area contributed by atoms with Gasteiger partial charge in [-0.3, -0.25) is 14.2 Å². The van der Waals surface area contributed by atoms with Crippen molar-refractivity contribution in [2.45, 2.75) is 68.3 Å². The number of nitrogens with one attached hydrogen (secondary N) is 1. The van der Waals surface area contributed by atoms with Gasteiger partial charge in [-0.15, -0.1) is 0 Å². The van der Waals surface area contributed by atoms with Crippen LogP contribution in [0.4, 0.5) is 0 Å². The predicted octanol–water partition coefficient (Wildman–Crippen LogP) is 5.77. The summed E-state index contributed by atoms with van der Waals surface area (Å²) < 4.78 is 1.66. The third-order valence-corrected chi connectivity index (χ3v) is 8.69. The third-order valence-electron chi connectivity index (χ3n) is 7.70. The molecule has 37 heavy (non-hydrogen) atoms. The van der Waals surface area contributed by atoms with Crippen LogP contribution in [0.25, 0.3) is 22.2 Å². The third kappa shape index (κ3) is 4.25. The lowest BCUT2D eigenvalue weighted by atomic mass is 9.62. The molecular weight excluding hydrogens is 480 g/mol. The first-order valence-corrected chi connectivity index (χ1v) is 13.9. The molecule has 2 aliphatic carbocycles. The highest BCUT2D eigenvalue weighted by Gasteiger charge is 2.42. The van der Waals surface area contributed by atoms with Gasteiger partial charge in [0.05, 0.1) is 27.9 Å². The average Bonchev–Trinajstić information content (AvgIpc) is 2.89. The monoisotopic (exact) mass is 510 g/mol. The summed E-state index contributed by atoms with van der Waals surface area (Å²) in [5.74, 6) is 0.999. The number of hydrogen-bond donors (Lipinski definition) is 1. The van der Waals surface area contributed by atoms with Gasteiger partial charge >= 0.3 is 0 Å². The van der Waals surface area contributed by atoms with E-state index in [0.717, 1.165) is 54.5 Å². The fourth-order valence-electron chi connectivity index (χ4n) is 6.09. The number of H-pyrrole nitrogens is 1. The molecule has 2 aliphatic rings. The normalized spacial score (nSPS) is 15.9. The zero-order chi connectivity index (χ0) is 25.6. The molecule has 0 amide bonds. The molecule has 0 unspecified atom stereocenters. The molecule has 2 aromatic carbocycles. The lowest BCUT2D eigenvalue weighted by Gasteiger charge is -2.41. The van der Waals surface area contributed by atoms with Crippen molar-refractivity contribution in [3.8, 4) is 11.3 Å². The molecule has 1 spiro atoms. The minimum absolute atomic E-state index is 0.0252. The number of nitrogens with zero attached hydrogens (tertiary/aromatic N) is 3. The standard InChI is InChI=1S/C30H30N4O2S/c1-19(2)17-34-28(36)22-12-6-7-13-23(22)31-29(34)37-18-24-32-26-21-11-5-4-10-20(21)16-30(14-8-3-9-15-30)25(26)27(35)33-24/h4-7,10-13H,1,3,8-9,14-18H2,2H3,(H,32,33,35). The molecule has 188 valence electrons. The number of allylic oxidation sites excluding steroid dienone is 1. The zero-order valence-electron chi connectivity index (χ0n) is 21.0. The number of rotatable bonds is 5. The van der Waals surface area contributed by atoms with E-state index < -0.39 is 0 Å². The van der Waals surface area contributed by atoms with Gasteiger partial charge in [0.15, 0.2) is 5.16 Å². The average molecular weight is 511 g/mol. The molecule has 7 heteroatoms. The summed E-state index contributed by atoms with van der Waals surface area (Å²) in [6, 6.07) is 15.8. The van der Waals surface area contributed by atoms with Crippen molar-refractivity contribution < 1.29 is 0 Å². The predicted molar refractivity (Wildman–Crippen MR) is 149 cm³/mol. The smallest absolute Gasteiger partial charge is 0.262 e. The van der Waals surface area contributed by atoms with E-state index in [1.54, 1.807) is 10.6 Å². The van der Waals surface area contributed by atoms with Crippen LogP contribution >= 0.6 is 11.8 Å². The highest BCUT2D eigenvalue weighted by molar-refractivity contribution is 7.98. The Morgan fingerprint density at radius 1 is 1.05 bits per heavy atom. The maximum atomic E-state index is 13.6. The fourth-order valence-corrected chi connectivity index (χ4v) is 6.96. The number of para-hydroxylation sites is 1. The van der Waals surface area contributed by atoms with Crippen molar-refractivity contribution >= 4 is 22.7 Å². The highest BCUT2D eigenvalue weighted by Crippen LogP contribution is 2.48. The number of aromatic nitrogens is 4. The van der Waals surface area contributed by atoms with E-state index in [0.29, 0.717) is 34.2 Å². The van der Waals surface area contributed by atoms with Gasteiger partial charge in [-0.25, -0.2) is 9.97 Å². The molecule has 0 radical (unpaired) electrons. The Morgan fingerprint density at radius 2 is 1.81 bits per heavy atom. The van der Waals surface area contributed by atoms with E-state index in [-0.39, 0.29) is 16.5 Å². The van der Waals surface area contributed by atoms with Gasteiger partial charge in [0, 0.05) is 17.5 Å². The van der Waals surface area contributed by atoms with E-state index in [4.69, 9.17) is 9.97 Å². The molecule has 6 rings (SSSR count). The molecule has 0 bridgehead atoms. The van der Waals surface area contributed by atoms with Gasteiger partial charge in [-0.05, 0) is 43.9 Å². The highest BCUT2D eigenvalue weighted by atomic mass is 32.2. The van der Waals surface area contributed by atoms with Crippen LogP contribution < -0.4 is 11.1 Å². The topological polar surface area (TPSA) is 80.6 Å². The van der Waals surface area contributed by atoms with Gasteiger partial charge in [-0.2, -0.15) is 0 Å². The van der Waals surface area contributed by atoms with E-state index >= 15 is 0 Å². The molecule has 0 saturated heterocycles. The number of aromatic amines is 1. The summed E-state index contributed by atoms with van der Waals surface area (Å²) in [6.07, 6.45) is 6.48. The van der Waals surface area contributed by atoms with Crippen LogP contribution in [-0.2, 0) is 24.1 Å². The molecule has 1 N–H and O–H groups in total. The maximum Gasteiger partial charge on any atom is 0.262 e. The molecule has 1 fully saturated rings. The SMILES string of the molecule is C=C(C)Cn1c(SCc2nc3c(c(=O)[nH]2)C2(CCCCC2)Cc2ccccc2-3)nc2ccccc2c1=O. The molecule has 0 atom stereocenters. The van der Waals surface area contributed by atoms with E-state index in [1.165, 1.54) is 23.7 Å². The Morgan fingerprint density at radius 3 is 2.62 bits per heavy atom. The van der Waals surface area contributed by atoms with E-state index in [1.807, 2.05) is 31.2 Å². The molecule has 6 nitrogen and oxygen atoms in total. The molecule has 4 aromatic rings. The Balaban J connectivity index is 1.41. The fraction of sp³-hybridized carbons (Fsp3) is 0.333. The summed E-state index contributed by atoms with van der Waals surface area (Å²) in [4.78, 5) is 39.8. The largest absolute Gasteiger partial charge is 0.310 e.